The van der Waals surface area contributed by atoms with Crippen LogP contribution in [0.3, 0.4) is 0 Å². The fourth-order valence-electron chi connectivity index (χ4n) is 3.61. The number of fused-ring (bicyclic) bond motifs is 2. The van der Waals surface area contributed by atoms with Gasteiger partial charge >= 0.3 is 0 Å². The monoisotopic (exact) mass is 372 g/mol. The summed E-state index contributed by atoms with van der Waals surface area (Å²) in [6.07, 6.45) is 3.47. The van der Waals surface area contributed by atoms with Crippen LogP contribution in [0.15, 0.2) is 66.9 Å². The van der Waals surface area contributed by atoms with E-state index in [2.05, 4.69) is 22.4 Å². The number of anilines is 1. The summed E-state index contributed by atoms with van der Waals surface area (Å²) in [5.41, 5.74) is 9.42. The molecule has 142 valence electrons. The number of nitrogens with two attached hydrogens (primary N) is 1. The first kappa shape index (κ1) is 18.2. The molecule has 0 saturated heterocycles. The number of pyridine rings is 1. The zero-order chi connectivity index (χ0) is 19.5. The molecular weight excluding hydrogens is 348 g/mol. The van der Waals surface area contributed by atoms with Gasteiger partial charge in [0.1, 0.15) is 5.82 Å². The summed E-state index contributed by atoms with van der Waals surface area (Å²) in [5.74, 6) is 0.874. The summed E-state index contributed by atoms with van der Waals surface area (Å²) in [6.45, 7) is 2.33. The molecule has 0 spiro atoms. The van der Waals surface area contributed by atoms with Gasteiger partial charge in [0.2, 0.25) is 5.91 Å². The smallest absolute Gasteiger partial charge is 0.227 e. The molecule has 2 aromatic heterocycles. The van der Waals surface area contributed by atoms with Crippen LogP contribution in [0.5, 0.6) is 0 Å². The number of benzene rings is 2. The van der Waals surface area contributed by atoms with Crippen molar-refractivity contribution in [3.05, 3.63) is 72.4 Å². The van der Waals surface area contributed by atoms with E-state index in [4.69, 9.17) is 5.73 Å². The van der Waals surface area contributed by atoms with Crippen LogP contribution in [-0.2, 0) is 6.42 Å². The lowest BCUT2D eigenvalue weighted by molar-refractivity contribution is 0.0941. The molecule has 2 aromatic carbocycles. The van der Waals surface area contributed by atoms with Crippen molar-refractivity contribution in [2.75, 3.05) is 11.9 Å². The van der Waals surface area contributed by atoms with E-state index < -0.39 is 0 Å². The zero-order valence-electron chi connectivity index (χ0n) is 15.9. The standard InChI is InChI=1S/C23H24N4O/c1-16(28)27-15-18(20-7-3-5-9-22(20)27)14-19(24)12-13-25-23-11-10-17-6-2-4-8-21(17)26-23/h2-11,15,19H,12-14,24H2,1H3,(H,25,26). The number of nitrogens with zero attached hydrogens (tertiary/aromatic N) is 2. The Kier molecular flexibility index (Phi) is 5.08. The second-order valence-corrected chi connectivity index (χ2v) is 7.13. The van der Waals surface area contributed by atoms with Gasteiger partial charge in [0.15, 0.2) is 0 Å². The maximum atomic E-state index is 11.9. The van der Waals surface area contributed by atoms with Gasteiger partial charge in [-0.05, 0) is 42.7 Å². The summed E-state index contributed by atoms with van der Waals surface area (Å²) in [6, 6.07) is 20.1. The maximum absolute atomic E-state index is 11.9. The first-order valence-corrected chi connectivity index (χ1v) is 9.57. The van der Waals surface area contributed by atoms with Crippen LogP contribution >= 0.6 is 0 Å². The van der Waals surface area contributed by atoms with Crippen LogP contribution in [-0.4, -0.2) is 28.0 Å². The fraction of sp³-hybridized carbons (Fsp3) is 0.217. The van der Waals surface area contributed by atoms with Crippen LogP contribution in [0.25, 0.3) is 21.8 Å². The highest BCUT2D eigenvalue weighted by molar-refractivity contribution is 5.93. The zero-order valence-corrected chi connectivity index (χ0v) is 15.9. The Labute approximate surface area is 164 Å². The minimum Gasteiger partial charge on any atom is -0.370 e. The molecule has 0 bridgehead atoms. The lowest BCUT2D eigenvalue weighted by Crippen LogP contribution is -2.26. The molecule has 0 amide bonds. The van der Waals surface area contributed by atoms with E-state index >= 15 is 0 Å². The Morgan fingerprint density at radius 2 is 1.89 bits per heavy atom. The predicted octanol–water partition coefficient (Wildman–Crippen LogP) is 4.22. The summed E-state index contributed by atoms with van der Waals surface area (Å²) in [5, 5.41) is 5.59. The van der Waals surface area contributed by atoms with Crippen molar-refractivity contribution in [1.82, 2.24) is 9.55 Å². The first-order chi connectivity index (χ1) is 13.6. The lowest BCUT2D eigenvalue weighted by atomic mass is 10.0. The van der Waals surface area contributed by atoms with Crippen molar-refractivity contribution < 1.29 is 4.79 Å². The van der Waals surface area contributed by atoms with Gasteiger partial charge in [-0.2, -0.15) is 0 Å². The Morgan fingerprint density at radius 1 is 1.11 bits per heavy atom. The highest BCUT2D eigenvalue weighted by Crippen LogP contribution is 2.23. The van der Waals surface area contributed by atoms with Crippen molar-refractivity contribution in [2.45, 2.75) is 25.8 Å². The van der Waals surface area contributed by atoms with Crippen LogP contribution < -0.4 is 11.1 Å². The van der Waals surface area contributed by atoms with Crippen molar-refractivity contribution >= 4 is 33.5 Å². The molecule has 4 rings (SSSR count). The molecule has 0 aliphatic heterocycles. The molecule has 4 aromatic rings. The normalized spacial score (nSPS) is 12.4. The van der Waals surface area contributed by atoms with Gasteiger partial charge in [-0.25, -0.2) is 4.98 Å². The Hall–Kier alpha value is -3.18. The second kappa shape index (κ2) is 7.82. The molecule has 5 heteroatoms. The maximum Gasteiger partial charge on any atom is 0.227 e. The number of hydrogen-bond donors (Lipinski definition) is 2. The van der Waals surface area contributed by atoms with E-state index in [0.29, 0.717) is 0 Å². The molecule has 3 N–H and O–H groups in total. The average molecular weight is 372 g/mol. The van der Waals surface area contributed by atoms with E-state index in [1.54, 1.807) is 11.5 Å². The lowest BCUT2D eigenvalue weighted by Gasteiger charge is -2.12. The third-order valence-electron chi connectivity index (χ3n) is 5.04. The van der Waals surface area contributed by atoms with Gasteiger partial charge in [0, 0.05) is 36.5 Å². The van der Waals surface area contributed by atoms with Gasteiger partial charge in [0.05, 0.1) is 11.0 Å². The molecule has 28 heavy (non-hydrogen) atoms. The fourth-order valence-corrected chi connectivity index (χ4v) is 3.61. The van der Waals surface area contributed by atoms with Crippen LogP contribution in [0, 0.1) is 0 Å². The SMILES string of the molecule is CC(=O)n1cc(CC(N)CCNc2ccc3ccccc3n2)c2ccccc21. The number of nitrogens with one attached hydrogen (secondary N) is 1. The largest absolute Gasteiger partial charge is 0.370 e. The van der Waals surface area contributed by atoms with Crippen LogP contribution in [0.1, 0.15) is 23.7 Å². The summed E-state index contributed by atoms with van der Waals surface area (Å²) >= 11 is 0. The highest BCUT2D eigenvalue weighted by atomic mass is 16.1. The van der Waals surface area contributed by atoms with Crippen molar-refractivity contribution in [2.24, 2.45) is 5.73 Å². The topological polar surface area (TPSA) is 72.9 Å². The van der Waals surface area contributed by atoms with Gasteiger partial charge in [0.25, 0.3) is 0 Å². The number of rotatable bonds is 6. The molecule has 0 radical (unpaired) electrons. The van der Waals surface area contributed by atoms with Crippen molar-refractivity contribution in [1.29, 1.82) is 0 Å². The number of para-hydroxylation sites is 2. The third kappa shape index (κ3) is 3.75. The molecular formula is C23H24N4O. The predicted molar refractivity (Wildman–Crippen MR) is 115 cm³/mol. The molecule has 5 nitrogen and oxygen atoms in total. The van der Waals surface area contributed by atoms with E-state index in [0.717, 1.165) is 52.6 Å². The molecule has 0 fully saturated rings. The van der Waals surface area contributed by atoms with Gasteiger partial charge in [-0.1, -0.05) is 36.4 Å². The van der Waals surface area contributed by atoms with Gasteiger partial charge in [-0.3, -0.25) is 9.36 Å². The third-order valence-corrected chi connectivity index (χ3v) is 5.04. The van der Waals surface area contributed by atoms with E-state index in [1.807, 2.05) is 54.7 Å². The average Bonchev–Trinajstić information content (AvgIpc) is 3.07. The Morgan fingerprint density at radius 3 is 2.75 bits per heavy atom. The van der Waals surface area contributed by atoms with E-state index in [1.165, 1.54) is 0 Å². The van der Waals surface area contributed by atoms with Crippen LogP contribution in [0.2, 0.25) is 0 Å². The van der Waals surface area contributed by atoms with E-state index in [-0.39, 0.29) is 11.9 Å². The molecule has 1 unspecified atom stereocenters. The summed E-state index contributed by atoms with van der Waals surface area (Å²) in [7, 11) is 0. The number of carbonyl (C=O) groups is 1. The molecule has 0 saturated carbocycles. The number of carbonyl (C=O) groups excluding carboxylic acids is 1. The minimum absolute atomic E-state index is 0.000768. The van der Waals surface area contributed by atoms with Gasteiger partial charge in [-0.15, -0.1) is 0 Å². The van der Waals surface area contributed by atoms with Crippen molar-refractivity contribution in [3.8, 4) is 0 Å². The van der Waals surface area contributed by atoms with Gasteiger partial charge < -0.3 is 11.1 Å². The molecule has 0 aliphatic rings. The summed E-state index contributed by atoms with van der Waals surface area (Å²) < 4.78 is 1.70. The Bertz CT molecular complexity index is 1130. The number of hydrogen-bond acceptors (Lipinski definition) is 4. The minimum atomic E-state index is -0.000768. The molecule has 1 atom stereocenters. The molecule has 2 heterocycles. The Balaban J connectivity index is 1.40. The quantitative estimate of drug-likeness (QED) is 0.531. The highest BCUT2D eigenvalue weighted by Gasteiger charge is 2.13. The first-order valence-electron chi connectivity index (χ1n) is 9.57. The van der Waals surface area contributed by atoms with Crippen molar-refractivity contribution in [3.63, 3.8) is 0 Å². The number of aromatic nitrogens is 2. The summed E-state index contributed by atoms with van der Waals surface area (Å²) in [4.78, 5) is 16.5. The second-order valence-electron chi connectivity index (χ2n) is 7.13. The van der Waals surface area contributed by atoms with E-state index in [9.17, 15) is 4.79 Å². The molecule has 0 aliphatic carbocycles. The van der Waals surface area contributed by atoms with Crippen LogP contribution in [0.4, 0.5) is 5.82 Å².